The van der Waals surface area contributed by atoms with E-state index in [4.69, 9.17) is 5.73 Å². The standard InChI is InChI=1S/C11H13N3O2S2/c12-7-10-11(4-6-17-10)18(15,16)14-8-9-3-1-2-5-13-9/h1-6,14H,7-8,12H2. The molecule has 0 aliphatic heterocycles. The van der Waals surface area contributed by atoms with Gasteiger partial charge in [0.05, 0.1) is 17.1 Å². The second-order valence-electron chi connectivity index (χ2n) is 3.56. The molecule has 96 valence electrons. The Morgan fingerprint density at radius 2 is 2.17 bits per heavy atom. The second kappa shape index (κ2) is 5.57. The van der Waals surface area contributed by atoms with Crippen LogP contribution in [-0.2, 0) is 23.1 Å². The lowest BCUT2D eigenvalue weighted by atomic mass is 10.4. The first-order valence-corrected chi connectivity index (χ1v) is 7.66. The molecule has 7 heteroatoms. The highest BCUT2D eigenvalue weighted by molar-refractivity contribution is 7.89. The maximum Gasteiger partial charge on any atom is 0.242 e. The van der Waals surface area contributed by atoms with Gasteiger partial charge in [0.25, 0.3) is 0 Å². The van der Waals surface area contributed by atoms with Crippen molar-refractivity contribution in [2.75, 3.05) is 0 Å². The maximum absolute atomic E-state index is 12.1. The van der Waals surface area contributed by atoms with Gasteiger partial charge in [-0.3, -0.25) is 4.98 Å². The summed E-state index contributed by atoms with van der Waals surface area (Å²) in [5.41, 5.74) is 6.18. The van der Waals surface area contributed by atoms with Gasteiger partial charge in [-0.1, -0.05) is 6.07 Å². The Labute approximate surface area is 110 Å². The van der Waals surface area contributed by atoms with Gasteiger partial charge in [0, 0.05) is 17.6 Å². The molecule has 0 aliphatic carbocycles. The molecule has 0 aliphatic rings. The van der Waals surface area contributed by atoms with E-state index in [0.29, 0.717) is 10.6 Å². The monoisotopic (exact) mass is 283 g/mol. The van der Waals surface area contributed by atoms with Crippen LogP contribution in [0, 0.1) is 0 Å². The highest BCUT2D eigenvalue weighted by Crippen LogP contribution is 2.21. The van der Waals surface area contributed by atoms with Crippen LogP contribution in [-0.4, -0.2) is 13.4 Å². The summed E-state index contributed by atoms with van der Waals surface area (Å²) in [7, 11) is -3.52. The number of nitrogens with one attached hydrogen (secondary N) is 1. The summed E-state index contributed by atoms with van der Waals surface area (Å²) in [5.74, 6) is 0. The normalized spacial score (nSPS) is 11.6. The van der Waals surface area contributed by atoms with Gasteiger partial charge in [-0.05, 0) is 23.6 Å². The molecule has 0 aromatic carbocycles. The number of sulfonamides is 1. The van der Waals surface area contributed by atoms with Crippen LogP contribution >= 0.6 is 11.3 Å². The molecule has 0 amide bonds. The summed E-state index contributed by atoms with van der Waals surface area (Å²) in [6, 6.07) is 6.92. The summed E-state index contributed by atoms with van der Waals surface area (Å²) in [6.07, 6.45) is 1.62. The molecule has 2 aromatic heterocycles. The molecule has 18 heavy (non-hydrogen) atoms. The number of nitrogens with two attached hydrogens (primary N) is 1. The van der Waals surface area contributed by atoms with Crippen LogP contribution in [0.2, 0.25) is 0 Å². The van der Waals surface area contributed by atoms with Crippen LogP contribution in [0.25, 0.3) is 0 Å². The fourth-order valence-electron chi connectivity index (χ4n) is 1.47. The Balaban J connectivity index is 2.13. The minimum absolute atomic E-state index is 0.170. The van der Waals surface area contributed by atoms with Gasteiger partial charge in [0.2, 0.25) is 10.0 Å². The lowest BCUT2D eigenvalue weighted by Gasteiger charge is -2.06. The van der Waals surface area contributed by atoms with Crippen molar-refractivity contribution in [3.05, 3.63) is 46.4 Å². The molecule has 2 aromatic rings. The summed E-state index contributed by atoms with van der Waals surface area (Å²) >= 11 is 1.34. The zero-order chi connectivity index (χ0) is 13.0. The van der Waals surface area contributed by atoms with Gasteiger partial charge in [-0.25, -0.2) is 13.1 Å². The van der Waals surface area contributed by atoms with E-state index in [-0.39, 0.29) is 18.0 Å². The van der Waals surface area contributed by atoms with Crippen molar-refractivity contribution in [1.29, 1.82) is 0 Å². The van der Waals surface area contributed by atoms with Crippen molar-refractivity contribution in [2.45, 2.75) is 18.0 Å². The van der Waals surface area contributed by atoms with Crippen molar-refractivity contribution in [3.63, 3.8) is 0 Å². The number of thiophene rings is 1. The average Bonchev–Trinajstić information content (AvgIpc) is 2.87. The molecule has 0 atom stereocenters. The summed E-state index contributed by atoms with van der Waals surface area (Å²) in [4.78, 5) is 4.97. The number of hydrogen-bond donors (Lipinski definition) is 2. The van der Waals surface area contributed by atoms with Crippen LogP contribution in [0.1, 0.15) is 10.6 Å². The van der Waals surface area contributed by atoms with Gasteiger partial charge in [-0.2, -0.15) is 0 Å². The maximum atomic E-state index is 12.1. The van der Waals surface area contributed by atoms with Crippen LogP contribution < -0.4 is 10.5 Å². The summed E-state index contributed by atoms with van der Waals surface area (Å²) in [6.45, 7) is 0.389. The number of nitrogens with zero attached hydrogens (tertiary/aromatic N) is 1. The van der Waals surface area contributed by atoms with E-state index in [2.05, 4.69) is 9.71 Å². The fraction of sp³-hybridized carbons (Fsp3) is 0.182. The summed E-state index contributed by atoms with van der Waals surface area (Å²) < 4.78 is 26.6. The molecular formula is C11H13N3O2S2. The van der Waals surface area contributed by atoms with E-state index < -0.39 is 10.0 Å². The molecule has 0 fully saturated rings. The first-order valence-electron chi connectivity index (χ1n) is 5.29. The van der Waals surface area contributed by atoms with E-state index in [1.165, 1.54) is 11.3 Å². The fourth-order valence-corrected chi connectivity index (χ4v) is 3.80. The Hall–Kier alpha value is -1.28. The third-order valence-corrected chi connectivity index (χ3v) is 4.91. The van der Waals surface area contributed by atoms with E-state index in [1.807, 2.05) is 6.07 Å². The Bertz CT molecular complexity index is 608. The highest BCUT2D eigenvalue weighted by atomic mass is 32.2. The van der Waals surface area contributed by atoms with Crippen LogP contribution in [0.5, 0.6) is 0 Å². The molecule has 3 N–H and O–H groups in total. The third-order valence-electron chi connectivity index (χ3n) is 2.35. The zero-order valence-corrected chi connectivity index (χ0v) is 11.2. The van der Waals surface area contributed by atoms with Crippen LogP contribution in [0.15, 0.2) is 40.7 Å². The zero-order valence-electron chi connectivity index (χ0n) is 9.54. The van der Waals surface area contributed by atoms with Crippen molar-refractivity contribution in [3.8, 4) is 0 Å². The Morgan fingerprint density at radius 1 is 1.33 bits per heavy atom. The van der Waals surface area contributed by atoms with Crippen molar-refractivity contribution >= 4 is 21.4 Å². The summed E-state index contributed by atoms with van der Waals surface area (Å²) in [5, 5.41) is 1.72. The van der Waals surface area contributed by atoms with E-state index in [0.717, 1.165) is 0 Å². The van der Waals surface area contributed by atoms with Gasteiger partial charge < -0.3 is 5.73 Å². The van der Waals surface area contributed by atoms with Crippen molar-refractivity contribution in [1.82, 2.24) is 9.71 Å². The van der Waals surface area contributed by atoms with E-state index in [1.54, 1.807) is 29.8 Å². The molecule has 0 saturated carbocycles. The predicted molar refractivity (Wildman–Crippen MR) is 70.5 cm³/mol. The molecule has 0 unspecified atom stereocenters. The van der Waals surface area contributed by atoms with Crippen LogP contribution in [0.3, 0.4) is 0 Å². The molecule has 0 bridgehead atoms. The van der Waals surface area contributed by atoms with Crippen LogP contribution in [0.4, 0.5) is 0 Å². The SMILES string of the molecule is NCc1sccc1S(=O)(=O)NCc1ccccn1. The first-order chi connectivity index (χ1) is 8.63. The number of pyridine rings is 1. The van der Waals surface area contributed by atoms with Crippen molar-refractivity contribution in [2.24, 2.45) is 5.73 Å². The lowest BCUT2D eigenvalue weighted by molar-refractivity contribution is 0.580. The van der Waals surface area contributed by atoms with Gasteiger partial charge >= 0.3 is 0 Å². The number of aromatic nitrogens is 1. The Kier molecular flexibility index (Phi) is 4.07. The smallest absolute Gasteiger partial charge is 0.242 e. The van der Waals surface area contributed by atoms with Gasteiger partial charge in [0.15, 0.2) is 0 Å². The highest BCUT2D eigenvalue weighted by Gasteiger charge is 2.18. The molecule has 0 spiro atoms. The minimum atomic E-state index is -3.52. The molecule has 0 radical (unpaired) electrons. The first kappa shape index (κ1) is 13.2. The molecule has 2 heterocycles. The molecule has 0 saturated heterocycles. The molecule has 2 rings (SSSR count). The van der Waals surface area contributed by atoms with E-state index >= 15 is 0 Å². The third kappa shape index (κ3) is 2.94. The molecule has 5 nitrogen and oxygen atoms in total. The Morgan fingerprint density at radius 3 is 2.83 bits per heavy atom. The minimum Gasteiger partial charge on any atom is -0.326 e. The number of hydrogen-bond acceptors (Lipinski definition) is 5. The second-order valence-corrected chi connectivity index (χ2v) is 6.29. The topological polar surface area (TPSA) is 85.1 Å². The largest absolute Gasteiger partial charge is 0.326 e. The molecular weight excluding hydrogens is 270 g/mol. The lowest BCUT2D eigenvalue weighted by Crippen LogP contribution is -2.24. The predicted octanol–water partition coefficient (Wildman–Crippen LogP) is 1.08. The van der Waals surface area contributed by atoms with Gasteiger partial charge in [0.1, 0.15) is 0 Å². The van der Waals surface area contributed by atoms with Gasteiger partial charge in [-0.15, -0.1) is 11.3 Å². The van der Waals surface area contributed by atoms with Crippen molar-refractivity contribution < 1.29 is 8.42 Å². The van der Waals surface area contributed by atoms with E-state index in [9.17, 15) is 8.42 Å². The number of rotatable bonds is 5. The quantitative estimate of drug-likeness (QED) is 0.860. The average molecular weight is 283 g/mol.